The molecule has 0 saturated carbocycles. The summed E-state index contributed by atoms with van der Waals surface area (Å²) in [6.45, 7) is 5.74. The van der Waals surface area contributed by atoms with Crippen molar-refractivity contribution < 1.29 is 4.79 Å². The highest BCUT2D eigenvalue weighted by Gasteiger charge is 2.27. The normalized spacial score (nSPS) is 17.8. The molecule has 1 saturated heterocycles. The number of carbonyl (C=O) groups excluding carboxylic acids is 1. The SMILES string of the molecule is CC(C)C[C@H](N)C(=O)N1CCC(Sc2cccc(Cl)n2)CC1. The first kappa shape index (κ1) is 17.6. The second-order valence-corrected chi connectivity index (χ2v) is 7.88. The maximum atomic E-state index is 12.3. The molecule has 1 aromatic rings. The van der Waals surface area contributed by atoms with Crippen LogP contribution in [0.3, 0.4) is 0 Å². The van der Waals surface area contributed by atoms with Gasteiger partial charge in [-0.25, -0.2) is 4.98 Å². The smallest absolute Gasteiger partial charge is 0.239 e. The molecule has 0 spiro atoms. The van der Waals surface area contributed by atoms with Crippen LogP contribution in [0.1, 0.15) is 33.1 Å². The summed E-state index contributed by atoms with van der Waals surface area (Å²) < 4.78 is 0. The van der Waals surface area contributed by atoms with E-state index >= 15 is 0 Å². The first-order valence-corrected chi connectivity index (χ1v) is 9.05. The minimum Gasteiger partial charge on any atom is -0.341 e. The second-order valence-electron chi connectivity index (χ2n) is 6.18. The highest BCUT2D eigenvalue weighted by Crippen LogP contribution is 2.30. The number of amides is 1. The predicted molar refractivity (Wildman–Crippen MR) is 92.1 cm³/mol. The third-order valence-electron chi connectivity index (χ3n) is 3.77. The number of rotatable bonds is 5. The molecule has 6 heteroatoms. The number of hydrogen-bond donors (Lipinski definition) is 1. The maximum Gasteiger partial charge on any atom is 0.239 e. The van der Waals surface area contributed by atoms with Crippen LogP contribution < -0.4 is 5.73 Å². The Hall–Kier alpha value is -0.780. The molecule has 4 nitrogen and oxygen atoms in total. The molecule has 1 aliphatic heterocycles. The van der Waals surface area contributed by atoms with Crippen LogP contribution in [0.15, 0.2) is 23.2 Å². The topological polar surface area (TPSA) is 59.2 Å². The number of pyridine rings is 1. The van der Waals surface area contributed by atoms with E-state index in [1.807, 2.05) is 17.0 Å². The number of halogens is 1. The highest BCUT2D eigenvalue weighted by molar-refractivity contribution is 7.99. The van der Waals surface area contributed by atoms with Crippen LogP contribution in [-0.4, -0.2) is 40.2 Å². The molecule has 0 radical (unpaired) electrons. The van der Waals surface area contributed by atoms with E-state index in [9.17, 15) is 4.79 Å². The van der Waals surface area contributed by atoms with Gasteiger partial charge < -0.3 is 10.6 Å². The molecule has 1 fully saturated rings. The lowest BCUT2D eigenvalue weighted by atomic mass is 10.0. The lowest BCUT2D eigenvalue weighted by Gasteiger charge is -2.33. The summed E-state index contributed by atoms with van der Waals surface area (Å²) >= 11 is 7.66. The predicted octanol–water partition coefficient (Wildman–Crippen LogP) is 3.19. The monoisotopic (exact) mass is 341 g/mol. The average molecular weight is 342 g/mol. The summed E-state index contributed by atoms with van der Waals surface area (Å²) in [5, 5.41) is 1.96. The van der Waals surface area contributed by atoms with Gasteiger partial charge in [-0.15, -0.1) is 11.8 Å². The number of likely N-dealkylation sites (tertiary alicyclic amines) is 1. The van der Waals surface area contributed by atoms with Crippen molar-refractivity contribution in [3.05, 3.63) is 23.4 Å². The van der Waals surface area contributed by atoms with Crippen molar-refractivity contribution in [1.82, 2.24) is 9.88 Å². The molecule has 1 amide bonds. The molecular formula is C16H24ClN3OS. The molecule has 22 heavy (non-hydrogen) atoms. The van der Waals surface area contributed by atoms with E-state index in [1.54, 1.807) is 17.8 Å². The highest BCUT2D eigenvalue weighted by atomic mass is 35.5. The Morgan fingerprint density at radius 3 is 2.73 bits per heavy atom. The van der Waals surface area contributed by atoms with E-state index in [0.29, 0.717) is 16.3 Å². The molecule has 1 aliphatic rings. The van der Waals surface area contributed by atoms with Crippen molar-refractivity contribution in [3.63, 3.8) is 0 Å². The van der Waals surface area contributed by atoms with E-state index in [-0.39, 0.29) is 11.9 Å². The van der Waals surface area contributed by atoms with E-state index in [2.05, 4.69) is 18.8 Å². The zero-order valence-corrected chi connectivity index (χ0v) is 14.7. The second kappa shape index (κ2) is 8.18. The van der Waals surface area contributed by atoms with Crippen LogP contribution in [0.2, 0.25) is 5.15 Å². The number of nitrogens with two attached hydrogens (primary N) is 1. The quantitative estimate of drug-likeness (QED) is 0.835. The molecule has 2 heterocycles. The lowest BCUT2D eigenvalue weighted by Crippen LogP contribution is -2.48. The van der Waals surface area contributed by atoms with E-state index in [4.69, 9.17) is 17.3 Å². The fourth-order valence-electron chi connectivity index (χ4n) is 2.66. The average Bonchev–Trinajstić information content (AvgIpc) is 2.46. The van der Waals surface area contributed by atoms with Crippen LogP contribution in [0.4, 0.5) is 0 Å². The van der Waals surface area contributed by atoms with Gasteiger partial charge in [0.15, 0.2) is 0 Å². The van der Waals surface area contributed by atoms with Crippen LogP contribution in [0.25, 0.3) is 0 Å². The van der Waals surface area contributed by atoms with Gasteiger partial charge in [-0.3, -0.25) is 4.79 Å². The van der Waals surface area contributed by atoms with Crippen molar-refractivity contribution in [3.8, 4) is 0 Å². The zero-order valence-electron chi connectivity index (χ0n) is 13.2. The van der Waals surface area contributed by atoms with Gasteiger partial charge in [-0.1, -0.05) is 31.5 Å². The van der Waals surface area contributed by atoms with Gasteiger partial charge >= 0.3 is 0 Å². The summed E-state index contributed by atoms with van der Waals surface area (Å²) in [6.07, 6.45) is 2.69. The molecule has 1 atom stereocenters. The molecule has 0 aliphatic carbocycles. The molecule has 122 valence electrons. The molecular weight excluding hydrogens is 318 g/mol. The number of aromatic nitrogens is 1. The fraction of sp³-hybridized carbons (Fsp3) is 0.625. The number of carbonyl (C=O) groups is 1. The van der Waals surface area contributed by atoms with Gasteiger partial charge in [0, 0.05) is 18.3 Å². The van der Waals surface area contributed by atoms with E-state index < -0.39 is 0 Å². The van der Waals surface area contributed by atoms with Crippen LogP contribution in [0, 0.1) is 5.92 Å². The fourth-order valence-corrected chi connectivity index (χ4v) is 3.97. The number of piperidine rings is 1. The van der Waals surface area contributed by atoms with Gasteiger partial charge in [0.2, 0.25) is 5.91 Å². The molecule has 1 aromatic heterocycles. The first-order chi connectivity index (χ1) is 10.5. The Labute approximate surface area is 141 Å². The Kier molecular flexibility index (Phi) is 6.53. The summed E-state index contributed by atoms with van der Waals surface area (Å²) in [7, 11) is 0. The summed E-state index contributed by atoms with van der Waals surface area (Å²) in [4.78, 5) is 18.5. The number of thioether (sulfide) groups is 1. The Bertz CT molecular complexity index is 504. The maximum absolute atomic E-state index is 12.3. The lowest BCUT2D eigenvalue weighted by molar-refractivity contribution is -0.133. The summed E-state index contributed by atoms with van der Waals surface area (Å²) in [5.74, 6) is 0.541. The Morgan fingerprint density at radius 2 is 2.14 bits per heavy atom. The van der Waals surface area contributed by atoms with Crippen molar-refractivity contribution in [1.29, 1.82) is 0 Å². The van der Waals surface area contributed by atoms with Crippen LogP contribution in [-0.2, 0) is 4.79 Å². The van der Waals surface area contributed by atoms with E-state index in [1.165, 1.54) is 0 Å². The van der Waals surface area contributed by atoms with Crippen molar-refractivity contribution >= 4 is 29.3 Å². The van der Waals surface area contributed by atoms with Gasteiger partial charge in [0.25, 0.3) is 0 Å². The van der Waals surface area contributed by atoms with Crippen LogP contribution in [0.5, 0.6) is 0 Å². The standard InChI is InChI=1S/C16H24ClN3OS/c1-11(2)10-13(18)16(21)20-8-6-12(7-9-20)22-15-5-3-4-14(17)19-15/h3-5,11-13H,6-10,18H2,1-2H3/t13-/m0/s1. The Balaban J connectivity index is 1.81. The third-order valence-corrected chi connectivity index (χ3v) is 5.26. The van der Waals surface area contributed by atoms with Crippen molar-refractivity contribution in [2.45, 2.75) is 49.4 Å². The zero-order chi connectivity index (χ0) is 16.1. The number of nitrogens with zero attached hydrogens (tertiary/aromatic N) is 2. The molecule has 0 bridgehead atoms. The van der Waals surface area contributed by atoms with Crippen LogP contribution >= 0.6 is 23.4 Å². The molecule has 0 aromatic carbocycles. The molecule has 2 N–H and O–H groups in total. The first-order valence-electron chi connectivity index (χ1n) is 7.79. The summed E-state index contributed by atoms with van der Waals surface area (Å²) in [6, 6.07) is 5.32. The van der Waals surface area contributed by atoms with Gasteiger partial charge in [-0.05, 0) is 37.3 Å². The minimum atomic E-state index is -0.362. The van der Waals surface area contributed by atoms with E-state index in [0.717, 1.165) is 37.4 Å². The van der Waals surface area contributed by atoms with Gasteiger partial charge in [0.05, 0.1) is 11.1 Å². The van der Waals surface area contributed by atoms with Gasteiger partial charge in [0.1, 0.15) is 5.15 Å². The largest absolute Gasteiger partial charge is 0.341 e. The Morgan fingerprint density at radius 1 is 1.45 bits per heavy atom. The third kappa shape index (κ3) is 5.14. The number of hydrogen-bond acceptors (Lipinski definition) is 4. The molecule has 2 rings (SSSR count). The molecule has 0 unspecified atom stereocenters. The van der Waals surface area contributed by atoms with Crippen molar-refractivity contribution in [2.75, 3.05) is 13.1 Å². The summed E-state index contributed by atoms with van der Waals surface area (Å²) in [5.41, 5.74) is 6.00. The minimum absolute atomic E-state index is 0.0954. The van der Waals surface area contributed by atoms with Gasteiger partial charge in [-0.2, -0.15) is 0 Å². The van der Waals surface area contributed by atoms with Crippen molar-refractivity contribution in [2.24, 2.45) is 11.7 Å².